The smallest absolute Gasteiger partial charge is 0.326 e. The summed E-state index contributed by atoms with van der Waals surface area (Å²) >= 11 is 1.33. The van der Waals surface area contributed by atoms with Gasteiger partial charge in [-0.05, 0) is 41.5 Å². The molecule has 0 unspecified atom stereocenters. The number of aromatic nitrogens is 2. The van der Waals surface area contributed by atoms with Crippen LogP contribution in [0.15, 0.2) is 93.6 Å². The third-order valence-electron chi connectivity index (χ3n) is 4.96. The minimum Gasteiger partial charge on any atom is -0.326 e. The largest absolute Gasteiger partial charge is 0.360 e. The maximum absolute atomic E-state index is 12.7. The summed E-state index contributed by atoms with van der Waals surface area (Å²) in [6, 6.07) is 16.9. The third kappa shape index (κ3) is 6.37. The zero-order valence-electron chi connectivity index (χ0n) is 18.5. The first-order valence-electron chi connectivity index (χ1n) is 10.5. The van der Waals surface area contributed by atoms with Gasteiger partial charge >= 0.3 is 5.91 Å². The second-order valence-corrected chi connectivity index (χ2v) is 10.3. The van der Waals surface area contributed by atoms with Crippen LogP contribution in [0.1, 0.15) is 27.2 Å². The number of benzene rings is 2. The van der Waals surface area contributed by atoms with Crippen molar-refractivity contribution in [1.82, 2.24) is 14.9 Å². The zero-order chi connectivity index (χ0) is 24.7. The van der Waals surface area contributed by atoms with Gasteiger partial charge in [0.25, 0.3) is 0 Å². The highest BCUT2D eigenvalue weighted by Gasteiger charge is 2.18. The Morgan fingerprint density at radius 2 is 1.80 bits per heavy atom. The highest BCUT2D eigenvalue weighted by Crippen LogP contribution is 2.26. The Labute approximate surface area is 206 Å². The molecular weight excluding hydrogens is 484 g/mol. The van der Waals surface area contributed by atoms with Crippen molar-refractivity contribution < 1.29 is 13.2 Å². The molecule has 0 aliphatic rings. The van der Waals surface area contributed by atoms with E-state index in [2.05, 4.69) is 25.1 Å². The summed E-state index contributed by atoms with van der Waals surface area (Å²) < 4.78 is 25.4. The number of rotatable bonds is 8. The molecule has 4 aromatic rings. The van der Waals surface area contributed by atoms with Crippen LogP contribution in [0.2, 0.25) is 0 Å². The summed E-state index contributed by atoms with van der Waals surface area (Å²) in [6.45, 7) is 0.634. The fraction of sp³-hybridized carbons (Fsp3) is 0.125. The fourth-order valence-corrected chi connectivity index (χ4v) is 5.29. The molecule has 0 radical (unpaired) electrons. The van der Waals surface area contributed by atoms with E-state index in [1.807, 2.05) is 6.07 Å². The predicted molar refractivity (Wildman–Crippen MR) is 132 cm³/mol. The summed E-state index contributed by atoms with van der Waals surface area (Å²) in [5.41, 5.74) is 8.87. The van der Waals surface area contributed by atoms with Crippen molar-refractivity contribution in [2.45, 2.75) is 23.7 Å². The summed E-state index contributed by atoms with van der Waals surface area (Å²) in [5.74, 6) is -0.719. The lowest BCUT2D eigenvalue weighted by molar-refractivity contribution is 0.0992. The summed E-state index contributed by atoms with van der Waals surface area (Å²) in [4.78, 5) is 24.5. The van der Waals surface area contributed by atoms with Gasteiger partial charge in [-0.15, -0.1) is 11.3 Å². The highest BCUT2D eigenvalue weighted by atomic mass is 32.2. The van der Waals surface area contributed by atoms with Gasteiger partial charge in [0.05, 0.1) is 16.3 Å². The topological polar surface area (TPSA) is 142 Å². The third-order valence-corrected chi connectivity index (χ3v) is 7.57. The SMILES string of the molecule is NCc1ccc(S(=O)(=O)Cc2csc(-c3ccc(C(=O)N=[N+]=NCc4cccnc4)cc3)n2)cc1. The van der Waals surface area contributed by atoms with E-state index in [9.17, 15) is 13.2 Å². The second-order valence-electron chi connectivity index (χ2n) is 7.48. The lowest BCUT2D eigenvalue weighted by Gasteiger charge is -2.04. The van der Waals surface area contributed by atoms with E-state index in [4.69, 9.17) is 5.73 Å². The van der Waals surface area contributed by atoms with E-state index in [1.54, 1.807) is 72.4 Å². The van der Waals surface area contributed by atoms with Crippen LogP contribution in [0.3, 0.4) is 0 Å². The van der Waals surface area contributed by atoms with Gasteiger partial charge in [0.15, 0.2) is 9.84 Å². The van der Waals surface area contributed by atoms with Crippen LogP contribution in [-0.2, 0) is 28.7 Å². The first kappa shape index (κ1) is 24.2. The normalized spacial score (nSPS) is 11.0. The van der Waals surface area contributed by atoms with Crippen molar-refractivity contribution in [2.75, 3.05) is 0 Å². The highest BCUT2D eigenvalue weighted by molar-refractivity contribution is 7.90. The molecule has 176 valence electrons. The molecule has 2 aromatic heterocycles. The summed E-state index contributed by atoms with van der Waals surface area (Å²) in [6.07, 6.45) is 3.33. The van der Waals surface area contributed by atoms with E-state index >= 15 is 0 Å². The maximum Gasteiger partial charge on any atom is 0.360 e. The Morgan fingerprint density at radius 1 is 1.03 bits per heavy atom. The molecule has 0 fully saturated rings. The number of carbonyl (C=O) groups excluding carboxylic acids is 1. The molecule has 35 heavy (non-hydrogen) atoms. The van der Waals surface area contributed by atoms with Gasteiger partial charge in [-0.1, -0.05) is 30.3 Å². The Balaban J connectivity index is 1.40. The van der Waals surface area contributed by atoms with Crippen LogP contribution in [0, 0.1) is 0 Å². The minimum absolute atomic E-state index is 0.203. The van der Waals surface area contributed by atoms with Gasteiger partial charge in [-0.25, -0.2) is 13.4 Å². The molecule has 0 saturated heterocycles. The van der Waals surface area contributed by atoms with Gasteiger partial charge < -0.3 is 5.73 Å². The van der Waals surface area contributed by atoms with E-state index < -0.39 is 15.7 Å². The Morgan fingerprint density at radius 3 is 2.49 bits per heavy atom. The molecule has 0 aliphatic heterocycles. The number of hydrogen-bond donors (Lipinski definition) is 1. The lowest BCUT2D eigenvalue weighted by atomic mass is 10.1. The van der Waals surface area contributed by atoms with Crippen LogP contribution in [0.5, 0.6) is 0 Å². The fourth-order valence-electron chi connectivity index (χ4n) is 3.11. The molecular formula is C24H21N6O3S2+. The minimum atomic E-state index is -3.53. The molecule has 0 bridgehead atoms. The van der Waals surface area contributed by atoms with Crippen molar-refractivity contribution in [3.63, 3.8) is 0 Å². The van der Waals surface area contributed by atoms with Crippen molar-refractivity contribution in [2.24, 2.45) is 16.0 Å². The number of carbonyl (C=O) groups is 1. The standard InChI is InChI=1S/C24H21N6O3S2/c25-12-17-3-9-22(10-4-17)35(32,33)16-21-15-34-24(28-21)20-7-5-19(6-8-20)23(31)29-30-27-14-18-2-1-11-26-13-18/h1-11,13,15H,12,14,16,25H2/q+1. The Hall–Kier alpha value is -3.89. The molecule has 0 atom stereocenters. The number of nitrogens with zero attached hydrogens (tertiary/aromatic N) is 5. The molecule has 11 heteroatoms. The first-order chi connectivity index (χ1) is 16.9. The van der Waals surface area contributed by atoms with E-state index in [1.165, 1.54) is 11.3 Å². The predicted octanol–water partition coefficient (Wildman–Crippen LogP) is 3.95. The van der Waals surface area contributed by atoms with Gasteiger partial charge in [-0.3, -0.25) is 9.78 Å². The van der Waals surface area contributed by atoms with Crippen molar-refractivity contribution in [3.8, 4) is 10.6 Å². The number of amides is 1. The average Bonchev–Trinajstić information content (AvgIpc) is 3.35. The number of hydrogen-bond acceptors (Lipinski definition) is 8. The second kappa shape index (κ2) is 11.0. The molecule has 1 amide bonds. The molecule has 9 nitrogen and oxygen atoms in total. The molecule has 2 N–H and O–H groups in total. The average molecular weight is 506 g/mol. The molecule has 0 saturated carbocycles. The number of pyridine rings is 1. The van der Waals surface area contributed by atoms with Crippen LogP contribution >= 0.6 is 11.3 Å². The number of thiazole rings is 1. The molecule has 0 spiro atoms. The number of sulfone groups is 1. The monoisotopic (exact) mass is 505 g/mol. The summed E-state index contributed by atoms with van der Waals surface area (Å²) in [7, 11) is -3.53. The van der Waals surface area contributed by atoms with E-state index in [0.29, 0.717) is 22.8 Å². The van der Waals surface area contributed by atoms with Crippen molar-refractivity contribution in [3.05, 3.63) is 101 Å². The van der Waals surface area contributed by atoms with E-state index in [0.717, 1.165) is 16.7 Å². The van der Waals surface area contributed by atoms with E-state index in [-0.39, 0.29) is 17.2 Å². The Bertz CT molecular complexity index is 1480. The van der Waals surface area contributed by atoms with Gasteiger partial charge in [0.2, 0.25) is 10.0 Å². The molecule has 4 rings (SSSR count). The Kier molecular flexibility index (Phi) is 7.64. The molecule has 2 heterocycles. The van der Waals surface area contributed by atoms with Gasteiger partial charge in [-0.2, -0.15) is 0 Å². The lowest BCUT2D eigenvalue weighted by Crippen LogP contribution is -2.06. The molecule has 0 aliphatic carbocycles. The first-order valence-corrected chi connectivity index (χ1v) is 13.0. The van der Waals surface area contributed by atoms with Gasteiger partial charge in [0.1, 0.15) is 16.7 Å². The zero-order valence-corrected chi connectivity index (χ0v) is 20.1. The van der Waals surface area contributed by atoms with Crippen LogP contribution in [0.25, 0.3) is 10.6 Å². The summed E-state index contributed by atoms with van der Waals surface area (Å²) in [5, 5.41) is 9.85. The van der Waals surface area contributed by atoms with Crippen LogP contribution in [-0.4, -0.2) is 24.3 Å². The van der Waals surface area contributed by atoms with Crippen LogP contribution < -0.4 is 10.6 Å². The quantitative estimate of drug-likeness (QED) is 0.284. The van der Waals surface area contributed by atoms with Crippen molar-refractivity contribution in [1.29, 1.82) is 0 Å². The van der Waals surface area contributed by atoms with Crippen molar-refractivity contribution >= 4 is 27.1 Å². The molecule has 2 aromatic carbocycles. The maximum atomic E-state index is 12.7. The van der Waals surface area contributed by atoms with Crippen LogP contribution in [0.4, 0.5) is 0 Å². The number of nitrogens with two attached hydrogens (primary N) is 1. The van der Waals surface area contributed by atoms with Gasteiger partial charge in [0, 0.05) is 35.4 Å².